The van der Waals surface area contributed by atoms with Crippen molar-refractivity contribution in [2.45, 2.75) is 44.9 Å². The van der Waals surface area contributed by atoms with E-state index in [1.165, 1.54) is 22.6 Å². The number of aryl methyl sites for hydroxylation is 2. The highest BCUT2D eigenvalue weighted by Gasteiger charge is 2.34. The van der Waals surface area contributed by atoms with Crippen LogP contribution in [-0.2, 0) is 17.6 Å². The van der Waals surface area contributed by atoms with Crippen molar-refractivity contribution in [2.75, 3.05) is 11.9 Å². The first-order valence-corrected chi connectivity index (χ1v) is 10.2. The van der Waals surface area contributed by atoms with Gasteiger partial charge < -0.3 is 5.32 Å². The van der Waals surface area contributed by atoms with Crippen LogP contribution >= 0.6 is 11.3 Å². The van der Waals surface area contributed by atoms with Crippen molar-refractivity contribution >= 4 is 34.2 Å². The van der Waals surface area contributed by atoms with Gasteiger partial charge in [-0.2, -0.15) is 0 Å². The van der Waals surface area contributed by atoms with E-state index in [9.17, 15) is 14.4 Å². The summed E-state index contributed by atoms with van der Waals surface area (Å²) in [5.74, 6) is -0.551. The molecule has 2 aromatic rings. The van der Waals surface area contributed by atoms with E-state index in [1.807, 2.05) is 0 Å². The third-order valence-electron chi connectivity index (χ3n) is 5.01. The van der Waals surface area contributed by atoms with Crippen LogP contribution in [0.1, 0.15) is 63.4 Å². The number of hydrogen-bond donors (Lipinski definition) is 1. The zero-order valence-corrected chi connectivity index (χ0v) is 15.8. The molecule has 1 aromatic heterocycles. The molecule has 3 amide bonds. The van der Waals surface area contributed by atoms with Crippen LogP contribution in [0.3, 0.4) is 0 Å². The van der Waals surface area contributed by atoms with Gasteiger partial charge in [-0.1, -0.05) is 12.1 Å². The summed E-state index contributed by atoms with van der Waals surface area (Å²) in [6.45, 7) is 0.338. The number of rotatable bonds is 6. The summed E-state index contributed by atoms with van der Waals surface area (Å²) < 4.78 is 0. The smallest absolute Gasteiger partial charge is 0.261 e. The number of nitrogens with one attached hydrogen (secondary N) is 1. The lowest BCUT2D eigenvalue weighted by Gasteiger charge is -2.13. The van der Waals surface area contributed by atoms with E-state index in [0.717, 1.165) is 18.5 Å². The lowest BCUT2D eigenvalue weighted by Crippen LogP contribution is -2.30. The molecule has 0 fully saturated rings. The first-order valence-electron chi connectivity index (χ1n) is 9.37. The Hall–Kier alpha value is -2.54. The van der Waals surface area contributed by atoms with Crippen LogP contribution in [0.25, 0.3) is 0 Å². The second kappa shape index (κ2) is 7.60. The number of unbranched alkanes of at least 4 members (excludes halogenated alkanes) is 1. The summed E-state index contributed by atoms with van der Waals surface area (Å²) in [6.07, 6.45) is 6.00. The van der Waals surface area contributed by atoms with Crippen molar-refractivity contribution in [3.8, 4) is 0 Å². The van der Waals surface area contributed by atoms with Gasteiger partial charge in [-0.25, -0.2) is 4.98 Å². The number of amides is 3. The number of fused-ring (bicyclic) bond motifs is 2. The Bertz CT molecular complexity index is 847. The van der Waals surface area contributed by atoms with Crippen LogP contribution in [0, 0.1) is 0 Å². The Kier molecular flexibility index (Phi) is 5.03. The number of aromatic nitrogens is 1. The lowest BCUT2D eigenvalue weighted by atomic mass is 10.0. The zero-order valence-electron chi connectivity index (χ0n) is 15.0. The highest BCUT2D eigenvalue weighted by atomic mass is 32.1. The van der Waals surface area contributed by atoms with E-state index in [1.54, 1.807) is 35.6 Å². The Labute approximate surface area is 161 Å². The zero-order chi connectivity index (χ0) is 18.8. The van der Waals surface area contributed by atoms with Gasteiger partial charge in [0.1, 0.15) is 0 Å². The fraction of sp³-hybridized carbons (Fsp3) is 0.400. The summed E-state index contributed by atoms with van der Waals surface area (Å²) in [6, 6.07) is 6.87. The second-order valence-corrected chi connectivity index (χ2v) is 7.99. The number of nitrogens with zero attached hydrogens (tertiary/aromatic N) is 2. The van der Waals surface area contributed by atoms with Gasteiger partial charge in [0, 0.05) is 17.8 Å². The maximum Gasteiger partial charge on any atom is 0.261 e. The quantitative estimate of drug-likeness (QED) is 0.612. The molecule has 7 heteroatoms. The van der Waals surface area contributed by atoms with E-state index in [2.05, 4.69) is 10.3 Å². The van der Waals surface area contributed by atoms with Gasteiger partial charge in [0.2, 0.25) is 5.91 Å². The number of carbonyl (C=O) groups is 3. The summed E-state index contributed by atoms with van der Waals surface area (Å²) in [4.78, 5) is 43.8. The number of benzene rings is 1. The van der Waals surface area contributed by atoms with Crippen molar-refractivity contribution < 1.29 is 14.4 Å². The number of anilines is 1. The van der Waals surface area contributed by atoms with Crippen LogP contribution in [0.4, 0.5) is 5.13 Å². The normalized spacial score (nSPS) is 15.6. The number of thiazole rings is 1. The van der Waals surface area contributed by atoms with E-state index >= 15 is 0 Å². The van der Waals surface area contributed by atoms with Gasteiger partial charge in [-0.3, -0.25) is 19.3 Å². The minimum atomic E-state index is -0.242. The van der Waals surface area contributed by atoms with Gasteiger partial charge in [-0.05, 0) is 50.7 Å². The van der Waals surface area contributed by atoms with Crippen LogP contribution in [0.5, 0.6) is 0 Å². The van der Waals surface area contributed by atoms with Gasteiger partial charge in [0.15, 0.2) is 5.13 Å². The minimum absolute atomic E-state index is 0.0662. The van der Waals surface area contributed by atoms with Crippen molar-refractivity contribution in [3.63, 3.8) is 0 Å². The molecular weight excluding hydrogens is 362 g/mol. The van der Waals surface area contributed by atoms with Crippen LogP contribution < -0.4 is 5.32 Å². The topological polar surface area (TPSA) is 79.4 Å². The van der Waals surface area contributed by atoms with Crippen LogP contribution in [0.2, 0.25) is 0 Å². The van der Waals surface area contributed by atoms with Crippen molar-refractivity contribution in [1.82, 2.24) is 9.88 Å². The van der Waals surface area contributed by atoms with E-state index < -0.39 is 0 Å². The molecule has 0 spiro atoms. The van der Waals surface area contributed by atoms with E-state index in [0.29, 0.717) is 42.1 Å². The molecule has 0 saturated carbocycles. The standard InChI is InChI=1S/C20H21N3O3S/c24-17(22-20-21-15-9-3-4-10-16(15)27-20)11-5-6-12-23-18(25)13-7-1-2-8-14(13)19(23)26/h1-2,7-8H,3-6,9-12H2,(H,21,22,24). The molecule has 4 rings (SSSR count). The molecule has 2 heterocycles. The van der Waals surface area contributed by atoms with Crippen LogP contribution in [-0.4, -0.2) is 34.2 Å². The monoisotopic (exact) mass is 383 g/mol. The molecule has 0 unspecified atom stereocenters. The number of carbonyl (C=O) groups excluding carboxylic acids is 3. The fourth-order valence-electron chi connectivity index (χ4n) is 3.58. The maximum absolute atomic E-state index is 12.3. The Morgan fingerprint density at radius 2 is 1.78 bits per heavy atom. The minimum Gasteiger partial charge on any atom is -0.302 e. The van der Waals surface area contributed by atoms with E-state index in [-0.39, 0.29) is 17.7 Å². The molecule has 0 atom stereocenters. The van der Waals surface area contributed by atoms with Gasteiger partial charge in [0.05, 0.1) is 16.8 Å². The summed E-state index contributed by atoms with van der Waals surface area (Å²) in [7, 11) is 0. The first-order chi connectivity index (χ1) is 13.1. The average Bonchev–Trinajstić information content (AvgIpc) is 3.18. The third kappa shape index (κ3) is 3.64. The highest BCUT2D eigenvalue weighted by molar-refractivity contribution is 7.15. The van der Waals surface area contributed by atoms with Crippen molar-refractivity contribution in [3.05, 3.63) is 46.0 Å². The highest BCUT2D eigenvalue weighted by Crippen LogP contribution is 2.29. The molecule has 0 bridgehead atoms. The molecule has 140 valence electrons. The molecule has 2 aliphatic rings. The first kappa shape index (κ1) is 17.9. The number of hydrogen-bond acceptors (Lipinski definition) is 5. The largest absolute Gasteiger partial charge is 0.302 e. The Morgan fingerprint density at radius 3 is 2.48 bits per heavy atom. The van der Waals surface area contributed by atoms with Gasteiger partial charge >= 0.3 is 0 Å². The van der Waals surface area contributed by atoms with Gasteiger partial charge in [0.25, 0.3) is 11.8 Å². The van der Waals surface area contributed by atoms with Crippen molar-refractivity contribution in [2.24, 2.45) is 0 Å². The fourth-order valence-corrected chi connectivity index (χ4v) is 4.65. The average molecular weight is 383 g/mol. The predicted molar refractivity (Wildman–Crippen MR) is 103 cm³/mol. The number of imide groups is 1. The maximum atomic E-state index is 12.3. The predicted octanol–water partition coefficient (Wildman–Crippen LogP) is 3.43. The molecule has 0 radical (unpaired) electrons. The molecule has 27 heavy (non-hydrogen) atoms. The van der Waals surface area contributed by atoms with Crippen molar-refractivity contribution in [1.29, 1.82) is 0 Å². The van der Waals surface area contributed by atoms with E-state index in [4.69, 9.17) is 0 Å². The Morgan fingerprint density at radius 1 is 1.07 bits per heavy atom. The SMILES string of the molecule is O=C(CCCCN1C(=O)c2ccccc2C1=O)Nc1nc2c(s1)CCCC2. The van der Waals surface area contributed by atoms with Crippen LogP contribution in [0.15, 0.2) is 24.3 Å². The molecular formula is C20H21N3O3S. The second-order valence-electron chi connectivity index (χ2n) is 6.91. The molecule has 1 aliphatic carbocycles. The molecule has 6 nitrogen and oxygen atoms in total. The molecule has 1 aromatic carbocycles. The third-order valence-corrected chi connectivity index (χ3v) is 6.08. The Balaban J connectivity index is 1.23. The summed E-state index contributed by atoms with van der Waals surface area (Å²) >= 11 is 1.58. The summed E-state index contributed by atoms with van der Waals surface area (Å²) in [5.41, 5.74) is 2.06. The van der Waals surface area contributed by atoms with Gasteiger partial charge in [-0.15, -0.1) is 11.3 Å². The molecule has 0 saturated heterocycles. The molecule has 1 aliphatic heterocycles. The summed E-state index contributed by atoms with van der Waals surface area (Å²) in [5, 5.41) is 3.57. The lowest BCUT2D eigenvalue weighted by molar-refractivity contribution is -0.116. The molecule has 1 N–H and O–H groups in total.